The van der Waals surface area contributed by atoms with E-state index in [4.69, 9.17) is 11.6 Å². The Kier molecular flexibility index (Phi) is 6.12. The van der Waals surface area contributed by atoms with Crippen LogP contribution < -0.4 is 5.32 Å². The smallest absolute Gasteiger partial charge is 0.149 e. The van der Waals surface area contributed by atoms with Crippen molar-refractivity contribution in [2.45, 2.75) is 31.7 Å². The van der Waals surface area contributed by atoms with Crippen LogP contribution in [0.4, 0.5) is 0 Å². The molecule has 0 amide bonds. The summed E-state index contributed by atoms with van der Waals surface area (Å²) in [6.07, 6.45) is 4.12. The van der Waals surface area contributed by atoms with E-state index in [0.29, 0.717) is 5.78 Å². The Morgan fingerprint density at radius 2 is 1.94 bits per heavy atom. The van der Waals surface area contributed by atoms with Gasteiger partial charge in [-0.2, -0.15) is 0 Å². The number of ketones is 1. The van der Waals surface area contributed by atoms with E-state index < -0.39 is 0 Å². The molecule has 1 atom stereocenters. The molecule has 1 N–H and O–H groups in total. The summed E-state index contributed by atoms with van der Waals surface area (Å²) in [4.78, 5) is 11.0. The van der Waals surface area contributed by atoms with Crippen molar-refractivity contribution in [2.24, 2.45) is 0 Å². The Morgan fingerprint density at radius 3 is 2.31 bits per heavy atom. The average molecular weight is 240 g/mol. The number of benzene rings is 1. The van der Waals surface area contributed by atoms with Crippen molar-refractivity contribution in [1.82, 2.24) is 5.32 Å². The maximum absolute atomic E-state index is 11.0. The highest BCUT2D eigenvalue weighted by atomic mass is 35.5. The second kappa shape index (κ2) is 7.42. The Bertz CT molecular complexity index is 313. The lowest BCUT2D eigenvalue weighted by Gasteiger charge is -2.18. The summed E-state index contributed by atoms with van der Waals surface area (Å²) >= 11 is 5.54. The molecule has 1 fully saturated rings. The van der Waals surface area contributed by atoms with Gasteiger partial charge < -0.3 is 5.32 Å². The maximum atomic E-state index is 11.0. The SMILES string of the molecule is CNC1CCCCC1=O.Clc1ccccc1. The molecule has 0 heterocycles. The third-order valence-electron chi connectivity index (χ3n) is 2.64. The molecule has 1 unspecified atom stereocenters. The molecule has 1 aliphatic rings. The molecule has 0 aliphatic heterocycles. The predicted octanol–water partition coefficient (Wildman–Crippen LogP) is 3.06. The van der Waals surface area contributed by atoms with Gasteiger partial charge in [0.15, 0.2) is 0 Å². The minimum absolute atomic E-state index is 0.166. The Labute approximate surface area is 102 Å². The molecule has 0 bridgehead atoms. The maximum Gasteiger partial charge on any atom is 0.149 e. The first-order valence-corrected chi connectivity index (χ1v) is 6.02. The lowest BCUT2D eigenvalue weighted by atomic mass is 9.94. The Morgan fingerprint density at radius 1 is 1.25 bits per heavy atom. The highest BCUT2D eigenvalue weighted by Gasteiger charge is 2.19. The number of Topliss-reactive ketones (excluding diaryl/α,β-unsaturated/α-hetero) is 1. The van der Waals surface area contributed by atoms with Gasteiger partial charge >= 0.3 is 0 Å². The van der Waals surface area contributed by atoms with Crippen LogP contribution in [0.15, 0.2) is 30.3 Å². The minimum atomic E-state index is 0.166. The van der Waals surface area contributed by atoms with Crippen molar-refractivity contribution in [3.63, 3.8) is 0 Å². The Balaban J connectivity index is 0.000000165. The molecule has 0 radical (unpaired) electrons. The van der Waals surface area contributed by atoms with E-state index in [1.54, 1.807) is 0 Å². The summed E-state index contributed by atoms with van der Waals surface area (Å²) in [5.41, 5.74) is 0. The normalized spacial score (nSPS) is 19.9. The van der Waals surface area contributed by atoms with E-state index in [0.717, 1.165) is 24.3 Å². The zero-order chi connectivity index (χ0) is 11.8. The summed E-state index contributed by atoms with van der Waals surface area (Å²) < 4.78 is 0. The molecule has 0 spiro atoms. The van der Waals surface area contributed by atoms with Gasteiger partial charge in [-0.15, -0.1) is 0 Å². The molecule has 2 nitrogen and oxygen atoms in total. The fraction of sp³-hybridized carbons (Fsp3) is 0.462. The number of hydrogen-bond donors (Lipinski definition) is 1. The zero-order valence-corrected chi connectivity index (χ0v) is 10.3. The van der Waals surface area contributed by atoms with Crippen molar-refractivity contribution < 1.29 is 4.79 Å². The van der Waals surface area contributed by atoms with Crippen molar-refractivity contribution >= 4 is 17.4 Å². The molecule has 88 valence electrons. The van der Waals surface area contributed by atoms with Crippen LogP contribution in [0.25, 0.3) is 0 Å². The fourth-order valence-corrected chi connectivity index (χ4v) is 1.85. The van der Waals surface area contributed by atoms with E-state index in [-0.39, 0.29) is 6.04 Å². The first-order valence-electron chi connectivity index (χ1n) is 5.64. The van der Waals surface area contributed by atoms with Gasteiger partial charge in [0.2, 0.25) is 0 Å². The topological polar surface area (TPSA) is 29.1 Å². The van der Waals surface area contributed by atoms with E-state index in [1.807, 2.05) is 37.4 Å². The summed E-state index contributed by atoms with van der Waals surface area (Å²) in [7, 11) is 1.86. The lowest BCUT2D eigenvalue weighted by Crippen LogP contribution is -2.36. The lowest BCUT2D eigenvalue weighted by molar-refractivity contribution is -0.122. The van der Waals surface area contributed by atoms with Gasteiger partial charge in [-0.1, -0.05) is 36.2 Å². The summed E-state index contributed by atoms with van der Waals surface area (Å²) in [5, 5.41) is 3.80. The van der Waals surface area contributed by atoms with Crippen molar-refractivity contribution in [2.75, 3.05) is 7.05 Å². The van der Waals surface area contributed by atoms with Crippen LogP contribution in [-0.4, -0.2) is 18.9 Å². The average Bonchev–Trinajstić information content (AvgIpc) is 2.31. The van der Waals surface area contributed by atoms with Crippen molar-refractivity contribution in [3.8, 4) is 0 Å². The van der Waals surface area contributed by atoms with Crippen molar-refractivity contribution in [3.05, 3.63) is 35.4 Å². The van der Waals surface area contributed by atoms with Gasteiger partial charge in [-0.25, -0.2) is 0 Å². The summed E-state index contributed by atoms with van der Waals surface area (Å²) in [6.45, 7) is 0. The van der Waals surface area contributed by atoms with E-state index in [9.17, 15) is 4.79 Å². The van der Waals surface area contributed by atoms with E-state index in [2.05, 4.69) is 5.32 Å². The molecule has 1 aliphatic carbocycles. The number of likely N-dealkylation sites (N-methyl/N-ethyl adjacent to an activating group) is 1. The summed E-state index contributed by atoms with van der Waals surface area (Å²) in [6, 6.07) is 9.61. The van der Waals surface area contributed by atoms with Crippen LogP contribution in [0.5, 0.6) is 0 Å². The monoisotopic (exact) mass is 239 g/mol. The van der Waals surface area contributed by atoms with Crippen LogP contribution in [0.1, 0.15) is 25.7 Å². The van der Waals surface area contributed by atoms with Gasteiger partial charge in [0.05, 0.1) is 6.04 Å². The molecule has 3 heteroatoms. The third kappa shape index (κ3) is 4.77. The molecular weight excluding hydrogens is 222 g/mol. The van der Waals surface area contributed by atoms with Crippen LogP contribution in [0.2, 0.25) is 5.02 Å². The largest absolute Gasteiger partial charge is 0.311 e. The minimum Gasteiger partial charge on any atom is -0.311 e. The molecule has 1 aromatic carbocycles. The van der Waals surface area contributed by atoms with Gasteiger partial charge in [0.25, 0.3) is 0 Å². The first-order chi connectivity index (χ1) is 7.74. The van der Waals surface area contributed by atoms with Gasteiger partial charge in [-0.05, 0) is 32.0 Å². The standard InChI is InChI=1S/C7H13NO.C6H5Cl/c1-8-6-4-2-3-5-7(6)9;7-6-4-2-1-3-5-6/h6,8H,2-5H2,1H3;1-5H. The van der Waals surface area contributed by atoms with Crippen LogP contribution in [0, 0.1) is 0 Å². The van der Waals surface area contributed by atoms with Gasteiger partial charge in [0.1, 0.15) is 5.78 Å². The Hall–Kier alpha value is -0.860. The third-order valence-corrected chi connectivity index (χ3v) is 2.89. The molecule has 1 aromatic rings. The number of carbonyl (C=O) groups is 1. The number of nitrogens with one attached hydrogen (secondary N) is 1. The zero-order valence-electron chi connectivity index (χ0n) is 9.58. The molecule has 0 saturated heterocycles. The van der Waals surface area contributed by atoms with Gasteiger partial charge in [0, 0.05) is 11.4 Å². The predicted molar refractivity (Wildman–Crippen MR) is 67.8 cm³/mol. The number of carbonyl (C=O) groups excluding carboxylic acids is 1. The number of halogens is 1. The quantitative estimate of drug-likeness (QED) is 0.816. The molecule has 16 heavy (non-hydrogen) atoms. The van der Waals surface area contributed by atoms with Gasteiger partial charge in [-0.3, -0.25) is 4.79 Å². The number of hydrogen-bond acceptors (Lipinski definition) is 2. The van der Waals surface area contributed by atoms with Crippen LogP contribution >= 0.6 is 11.6 Å². The number of rotatable bonds is 1. The first kappa shape index (κ1) is 13.2. The van der Waals surface area contributed by atoms with Crippen LogP contribution in [-0.2, 0) is 4.79 Å². The molecule has 0 aromatic heterocycles. The second-order valence-electron chi connectivity index (χ2n) is 3.85. The van der Waals surface area contributed by atoms with E-state index in [1.165, 1.54) is 6.42 Å². The van der Waals surface area contributed by atoms with E-state index >= 15 is 0 Å². The van der Waals surface area contributed by atoms with Crippen molar-refractivity contribution in [1.29, 1.82) is 0 Å². The highest BCUT2D eigenvalue weighted by molar-refractivity contribution is 6.30. The second-order valence-corrected chi connectivity index (χ2v) is 4.29. The molecule has 1 saturated carbocycles. The highest BCUT2D eigenvalue weighted by Crippen LogP contribution is 2.13. The molecule has 2 rings (SSSR count). The van der Waals surface area contributed by atoms with Crippen LogP contribution in [0.3, 0.4) is 0 Å². The fourth-order valence-electron chi connectivity index (χ4n) is 1.70. The summed E-state index contributed by atoms with van der Waals surface area (Å²) in [5.74, 6) is 0.392. The molecular formula is C13H18ClNO.